The minimum Gasteiger partial charge on any atom is -0.477 e. The molecule has 44 heavy (non-hydrogen) atoms. The van der Waals surface area contributed by atoms with E-state index in [9.17, 15) is 14.7 Å². The van der Waals surface area contributed by atoms with Gasteiger partial charge in [-0.1, -0.05) is 12.1 Å². The van der Waals surface area contributed by atoms with Crippen molar-refractivity contribution >= 4 is 34.8 Å². The highest BCUT2D eigenvalue weighted by Gasteiger charge is 2.54. The Hall–Kier alpha value is -4.76. The molecule has 1 spiro atoms. The van der Waals surface area contributed by atoms with Gasteiger partial charge in [-0.15, -0.1) is 0 Å². The average molecular weight is 595 g/mol. The number of alkyl carbamates (subject to hydrolysis) is 1. The Kier molecular flexibility index (Phi) is 8.30. The topological polar surface area (TPSA) is 86.6 Å². The molecule has 226 valence electrons. The quantitative estimate of drug-likeness (QED) is 0.159. The number of para-hydroxylation sites is 2. The normalized spacial score (nSPS) is 18.5. The molecule has 1 fully saturated rings. The van der Waals surface area contributed by atoms with Crippen molar-refractivity contribution in [2.45, 2.75) is 44.9 Å². The lowest BCUT2D eigenvalue weighted by atomic mass is 10.0. The lowest BCUT2D eigenvalue weighted by Crippen LogP contribution is -2.54. The lowest BCUT2D eigenvalue weighted by Gasteiger charge is -2.45. The first-order valence-electron chi connectivity index (χ1n) is 15.3. The Balaban J connectivity index is 1.02. The fourth-order valence-electron chi connectivity index (χ4n) is 6.71. The van der Waals surface area contributed by atoms with Crippen molar-refractivity contribution in [3.05, 3.63) is 97.1 Å². The Morgan fingerprint density at radius 2 is 1.66 bits per heavy atom. The van der Waals surface area contributed by atoms with Gasteiger partial charge < -0.3 is 20.1 Å². The number of ether oxygens (including phenoxy) is 1. The molecule has 2 aliphatic rings. The summed E-state index contributed by atoms with van der Waals surface area (Å²) in [7, 11) is 4.01. The number of hydrogen-bond acceptors (Lipinski definition) is 4. The predicted octanol–water partition coefficient (Wildman–Crippen LogP) is 5.14. The van der Waals surface area contributed by atoms with Crippen molar-refractivity contribution in [2.75, 3.05) is 25.0 Å². The van der Waals surface area contributed by atoms with E-state index >= 15 is 0 Å². The number of aryl methyl sites for hydroxylation is 2. The monoisotopic (exact) mass is 594 g/mol. The summed E-state index contributed by atoms with van der Waals surface area (Å²) in [6.07, 6.45) is 11.1. The van der Waals surface area contributed by atoms with Crippen LogP contribution in [-0.2, 0) is 29.7 Å². The van der Waals surface area contributed by atoms with Crippen molar-refractivity contribution in [1.82, 2.24) is 9.80 Å². The summed E-state index contributed by atoms with van der Waals surface area (Å²) in [5.74, 6) is -0.772. The van der Waals surface area contributed by atoms with Crippen LogP contribution in [0.25, 0.3) is 11.1 Å². The third-order valence-electron chi connectivity index (χ3n) is 8.99. The second-order valence-corrected chi connectivity index (χ2v) is 11.7. The van der Waals surface area contributed by atoms with Crippen LogP contribution in [0.2, 0.25) is 0 Å². The minimum atomic E-state index is -0.772. The molecule has 9 nitrogen and oxygen atoms in total. The van der Waals surface area contributed by atoms with Gasteiger partial charge in [0.1, 0.15) is 31.6 Å². The molecular formula is C35H40N5O4+3. The van der Waals surface area contributed by atoms with E-state index in [4.69, 9.17) is 4.74 Å². The minimum absolute atomic E-state index is 0.138. The third kappa shape index (κ3) is 5.63. The van der Waals surface area contributed by atoms with E-state index in [1.807, 2.05) is 67.5 Å². The average Bonchev–Trinajstić information content (AvgIpc) is 3.49. The largest absolute Gasteiger partial charge is 0.477 e. The standard InChI is InChI=1S/C35H38N5O4/c1-37-19-13-27(14-20-37)28-15-21-39(22-16-28)18-6-5-17-36-35(43)44-25-26-11-12-32-30(24-26)38(2)29-8-3-4-9-31(29)40(32)23-7-10-33(40)34(41)42/h3-4,8-9,11-16,19-22,24,33H,5-7,10,17-18,23,25H2,1-2H3/q+1/p+2. The highest BCUT2D eigenvalue weighted by Crippen LogP contribution is 2.56. The van der Waals surface area contributed by atoms with Crippen molar-refractivity contribution in [2.24, 2.45) is 7.05 Å². The number of unbranched alkanes of at least 4 members (excludes halogenated alkanes) is 1. The molecule has 4 aromatic rings. The summed E-state index contributed by atoms with van der Waals surface area (Å²) in [5, 5.41) is 13.0. The molecule has 9 heteroatoms. The Labute approximate surface area is 258 Å². The van der Waals surface area contributed by atoms with Crippen LogP contribution in [0, 0.1) is 0 Å². The number of carboxylic acids is 1. The van der Waals surface area contributed by atoms with Gasteiger partial charge in [-0.05, 0) is 41.3 Å². The zero-order valence-electron chi connectivity index (χ0n) is 25.4. The predicted molar refractivity (Wildman–Crippen MR) is 169 cm³/mol. The molecule has 0 saturated carbocycles. The number of hydrogen-bond donors (Lipinski definition) is 2. The third-order valence-corrected chi connectivity index (χ3v) is 8.99. The van der Waals surface area contributed by atoms with Crippen LogP contribution in [0.1, 0.15) is 31.2 Å². The number of nitrogens with one attached hydrogen (secondary N) is 1. The van der Waals surface area contributed by atoms with Crippen LogP contribution in [0.5, 0.6) is 0 Å². The zero-order chi connectivity index (χ0) is 30.7. The van der Waals surface area contributed by atoms with E-state index in [1.165, 1.54) is 11.1 Å². The molecule has 1 amide bonds. The summed E-state index contributed by atoms with van der Waals surface area (Å²) in [6.45, 7) is 2.29. The van der Waals surface area contributed by atoms with Crippen LogP contribution < -0.4 is 23.8 Å². The molecule has 2 atom stereocenters. The number of aromatic nitrogens is 2. The van der Waals surface area contributed by atoms with Crippen LogP contribution in [0.15, 0.2) is 91.5 Å². The van der Waals surface area contributed by atoms with Gasteiger partial charge >= 0.3 is 12.1 Å². The number of anilines is 2. The molecule has 0 radical (unpaired) electrons. The molecule has 4 heterocycles. The van der Waals surface area contributed by atoms with E-state index in [2.05, 4.69) is 57.5 Å². The summed E-state index contributed by atoms with van der Waals surface area (Å²) >= 11 is 0. The molecule has 0 bridgehead atoms. The van der Waals surface area contributed by atoms with Gasteiger partial charge in [0.15, 0.2) is 42.2 Å². The first kappa shape index (κ1) is 29.3. The summed E-state index contributed by atoms with van der Waals surface area (Å²) in [6, 6.07) is 22.0. The number of nitrogens with zero attached hydrogens (tertiary/aromatic N) is 4. The summed E-state index contributed by atoms with van der Waals surface area (Å²) in [4.78, 5) is 27.0. The molecule has 2 unspecified atom stereocenters. The second-order valence-electron chi connectivity index (χ2n) is 11.7. The van der Waals surface area contributed by atoms with E-state index in [0.717, 1.165) is 60.7 Å². The fraction of sp³-hybridized carbons (Fsp3) is 0.314. The van der Waals surface area contributed by atoms with E-state index < -0.39 is 18.1 Å². The van der Waals surface area contributed by atoms with Crippen LogP contribution >= 0.6 is 0 Å². The van der Waals surface area contributed by atoms with Crippen molar-refractivity contribution in [3.8, 4) is 11.1 Å². The molecule has 2 aliphatic heterocycles. The zero-order valence-corrected chi connectivity index (χ0v) is 25.4. The number of amides is 1. The van der Waals surface area contributed by atoms with E-state index in [0.29, 0.717) is 17.4 Å². The maximum absolute atomic E-state index is 12.5. The number of fused-ring (bicyclic) bond motifs is 4. The number of carbonyl (C=O) groups is 2. The second kappa shape index (κ2) is 12.5. The van der Waals surface area contributed by atoms with Crippen LogP contribution in [-0.4, -0.2) is 43.3 Å². The number of benzene rings is 2. The number of carboxylic acid groups (broad SMARTS) is 1. The van der Waals surface area contributed by atoms with Gasteiger partial charge in [0, 0.05) is 69.3 Å². The van der Waals surface area contributed by atoms with E-state index in [1.54, 1.807) is 0 Å². The molecule has 6 rings (SSSR count). The van der Waals surface area contributed by atoms with Gasteiger partial charge in [0.05, 0.1) is 6.54 Å². The van der Waals surface area contributed by atoms with Gasteiger partial charge in [0.25, 0.3) is 0 Å². The van der Waals surface area contributed by atoms with Gasteiger partial charge in [-0.3, -0.25) is 0 Å². The van der Waals surface area contributed by atoms with Gasteiger partial charge in [0.2, 0.25) is 0 Å². The van der Waals surface area contributed by atoms with Crippen molar-refractivity contribution in [1.29, 1.82) is 0 Å². The van der Waals surface area contributed by atoms with Gasteiger partial charge in [-0.2, -0.15) is 0 Å². The molecule has 2 N–H and O–H groups in total. The molecule has 2 aromatic heterocycles. The number of carbonyl (C=O) groups excluding carboxylic acids is 1. The Morgan fingerprint density at radius 3 is 2.41 bits per heavy atom. The summed E-state index contributed by atoms with van der Waals surface area (Å²) < 4.78 is 10.0. The van der Waals surface area contributed by atoms with Crippen molar-refractivity contribution < 1.29 is 28.6 Å². The van der Waals surface area contributed by atoms with Crippen LogP contribution in [0.3, 0.4) is 0 Å². The first-order chi connectivity index (χ1) is 21.4. The van der Waals surface area contributed by atoms with Crippen molar-refractivity contribution in [3.63, 3.8) is 0 Å². The number of rotatable bonds is 9. The van der Waals surface area contributed by atoms with Gasteiger partial charge in [-0.25, -0.2) is 23.2 Å². The number of aliphatic carboxylic acids is 1. The lowest BCUT2D eigenvalue weighted by molar-refractivity contribution is -0.697. The SMILES string of the molecule is CN1c2ccccc2[N+]2(CCCC2C(=O)O)c2ccc(COC(=O)NCCCC[n+]3ccc(-c4cc[n+](C)cc4)cc3)cc21. The Bertz CT molecular complexity index is 1660. The highest BCUT2D eigenvalue weighted by atomic mass is 16.5. The molecule has 0 aliphatic carbocycles. The molecule has 1 saturated heterocycles. The highest BCUT2D eigenvalue weighted by molar-refractivity contribution is 5.94. The Morgan fingerprint density at radius 1 is 0.955 bits per heavy atom. The van der Waals surface area contributed by atoms with Crippen LogP contribution in [0.4, 0.5) is 27.5 Å². The first-order valence-corrected chi connectivity index (χ1v) is 15.3. The number of pyridine rings is 2. The molecule has 2 aromatic carbocycles. The van der Waals surface area contributed by atoms with E-state index in [-0.39, 0.29) is 6.61 Å². The fourth-order valence-corrected chi connectivity index (χ4v) is 6.71. The maximum Gasteiger partial charge on any atom is 0.407 e. The maximum atomic E-state index is 12.5. The summed E-state index contributed by atoms with van der Waals surface area (Å²) in [5.41, 5.74) is 7.18. The smallest absolute Gasteiger partial charge is 0.407 e. The molecular weight excluding hydrogens is 554 g/mol. The number of quaternary nitrogens is 1.